The molecule has 0 amide bonds. The number of ether oxygens (including phenoxy) is 2. The molecule has 0 unspecified atom stereocenters. The zero-order chi connectivity index (χ0) is 13.4. The third kappa shape index (κ3) is 5.08. The Balaban J connectivity index is 2.23. The Morgan fingerprint density at radius 1 is 1.33 bits per heavy atom. The number of hydrogen-bond acceptors (Lipinski definition) is 4. The van der Waals surface area contributed by atoms with Crippen molar-refractivity contribution in [3.63, 3.8) is 0 Å². The zero-order valence-corrected chi connectivity index (χ0v) is 12.3. The van der Waals surface area contributed by atoms with Crippen molar-refractivity contribution in [1.82, 2.24) is 0 Å². The van der Waals surface area contributed by atoms with Crippen LogP contribution in [0.15, 0.2) is 18.2 Å². The average Bonchev–Trinajstić information content (AvgIpc) is 2.38. The quantitative estimate of drug-likeness (QED) is 0.327. The third-order valence-corrected chi connectivity index (χ3v) is 4.06. The summed E-state index contributed by atoms with van der Waals surface area (Å²) in [6, 6.07) is 7.12. The molecule has 3 N–H and O–H groups in total. The fourth-order valence-corrected chi connectivity index (χ4v) is 2.57. The molecule has 4 nitrogen and oxygen atoms in total. The predicted molar refractivity (Wildman–Crippen MR) is 77.1 cm³/mol. The monoisotopic (exact) mass is 266 g/mol. The van der Waals surface area contributed by atoms with E-state index < -0.39 is 0 Å². The Labute approximate surface area is 112 Å². The molecule has 0 saturated carbocycles. The van der Waals surface area contributed by atoms with E-state index in [0.717, 1.165) is 30.4 Å². The molecule has 0 bridgehead atoms. The van der Waals surface area contributed by atoms with Crippen LogP contribution in [0.1, 0.15) is 12.0 Å². The highest BCUT2D eigenvalue weighted by atomic mass is 28.2. The van der Waals surface area contributed by atoms with Gasteiger partial charge in [0.2, 0.25) is 0 Å². The number of hydrogen-bond donors (Lipinski definition) is 2. The van der Waals surface area contributed by atoms with Crippen LogP contribution < -0.4 is 11.1 Å². The smallest absolute Gasteiger partial charge is 0.136 e. The number of rotatable bonds is 8. The summed E-state index contributed by atoms with van der Waals surface area (Å²) in [4.78, 5) is 0. The van der Waals surface area contributed by atoms with Crippen molar-refractivity contribution in [2.24, 2.45) is 0 Å². The van der Waals surface area contributed by atoms with E-state index in [-0.39, 0.29) is 5.91 Å². The number of anilines is 2. The number of nitrogens with two attached hydrogens (primary N) is 1. The number of aryl methyl sites for hydroxylation is 1. The van der Waals surface area contributed by atoms with Crippen LogP contribution >= 0.6 is 0 Å². The molecule has 2 radical (unpaired) electrons. The van der Waals surface area contributed by atoms with Crippen LogP contribution in [0.4, 0.5) is 11.4 Å². The summed E-state index contributed by atoms with van der Waals surface area (Å²) in [7, 11) is 4.02. The van der Waals surface area contributed by atoms with E-state index in [9.17, 15) is 0 Å². The molecule has 1 aromatic rings. The van der Waals surface area contributed by atoms with Gasteiger partial charge in [0.05, 0.1) is 11.4 Å². The van der Waals surface area contributed by atoms with Gasteiger partial charge in [0.1, 0.15) is 15.4 Å². The second-order valence-corrected chi connectivity index (χ2v) is 5.51. The SMILES string of the molecule is COC(OC)[Si]CCCNc1cc(C)ccc1N. The number of nitrogen functional groups attached to an aromatic ring is 1. The van der Waals surface area contributed by atoms with E-state index in [2.05, 4.69) is 18.3 Å². The molecule has 100 valence electrons. The van der Waals surface area contributed by atoms with Gasteiger partial charge in [-0.15, -0.1) is 0 Å². The van der Waals surface area contributed by atoms with Crippen LogP contribution in [0.5, 0.6) is 0 Å². The molecular formula is C13H22N2O2Si. The van der Waals surface area contributed by atoms with Crippen molar-refractivity contribution in [2.45, 2.75) is 25.3 Å². The Hall–Kier alpha value is -1.04. The molecule has 0 aliphatic heterocycles. The number of methoxy groups -OCH3 is 2. The predicted octanol–water partition coefficient (Wildman–Crippen LogP) is 2.08. The highest BCUT2D eigenvalue weighted by Crippen LogP contribution is 2.19. The Morgan fingerprint density at radius 2 is 2.06 bits per heavy atom. The van der Waals surface area contributed by atoms with Gasteiger partial charge in [-0.2, -0.15) is 0 Å². The van der Waals surface area contributed by atoms with Gasteiger partial charge < -0.3 is 20.5 Å². The second kappa shape index (κ2) is 8.13. The molecule has 1 aromatic carbocycles. The summed E-state index contributed by atoms with van der Waals surface area (Å²) in [5.41, 5.74) is 8.93. The van der Waals surface area contributed by atoms with Gasteiger partial charge in [-0.05, 0) is 31.0 Å². The van der Waals surface area contributed by atoms with Crippen molar-refractivity contribution in [1.29, 1.82) is 0 Å². The molecule has 0 saturated heterocycles. The molecule has 0 fully saturated rings. The molecule has 0 heterocycles. The summed E-state index contributed by atoms with van der Waals surface area (Å²) >= 11 is 0. The highest BCUT2D eigenvalue weighted by molar-refractivity contribution is 6.36. The fourth-order valence-electron chi connectivity index (χ4n) is 1.62. The minimum Gasteiger partial charge on any atom is -0.397 e. The zero-order valence-electron chi connectivity index (χ0n) is 11.3. The maximum absolute atomic E-state index is 5.89. The van der Waals surface area contributed by atoms with Crippen LogP contribution in [0, 0.1) is 6.92 Å². The molecule has 0 atom stereocenters. The van der Waals surface area contributed by atoms with Crippen LogP contribution in [0.25, 0.3) is 0 Å². The topological polar surface area (TPSA) is 56.5 Å². The lowest BCUT2D eigenvalue weighted by molar-refractivity contribution is -0.0441. The van der Waals surface area contributed by atoms with Crippen molar-refractivity contribution in [3.8, 4) is 0 Å². The highest BCUT2D eigenvalue weighted by Gasteiger charge is 2.05. The van der Waals surface area contributed by atoms with Crippen LogP contribution in [-0.4, -0.2) is 36.2 Å². The number of benzene rings is 1. The first kappa shape index (κ1) is 15.0. The summed E-state index contributed by atoms with van der Waals surface area (Å²) in [6.07, 6.45) is 1.08. The lowest BCUT2D eigenvalue weighted by atomic mass is 10.2. The first-order valence-electron chi connectivity index (χ1n) is 6.06. The first-order chi connectivity index (χ1) is 8.67. The normalized spacial score (nSPS) is 10.9. The summed E-state index contributed by atoms with van der Waals surface area (Å²) < 4.78 is 10.3. The molecule has 1 rings (SSSR count). The van der Waals surface area contributed by atoms with E-state index in [4.69, 9.17) is 15.2 Å². The van der Waals surface area contributed by atoms with Gasteiger partial charge in [-0.1, -0.05) is 12.1 Å². The Bertz CT molecular complexity index is 357. The summed E-state index contributed by atoms with van der Waals surface area (Å²) in [5.74, 6) is -0.0611. The van der Waals surface area contributed by atoms with Crippen LogP contribution in [0.3, 0.4) is 0 Å². The maximum atomic E-state index is 5.89. The van der Waals surface area contributed by atoms with E-state index in [1.807, 2.05) is 12.1 Å². The molecule has 5 heteroatoms. The molecule has 0 aromatic heterocycles. The van der Waals surface area contributed by atoms with Crippen molar-refractivity contribution < 1.29 is 9.47 Å². The lowest BCUT2D eigenvalue weighted by Gasteiger charge is -2.13. The second-order valence-electron chi connectivity index (χ2n) is 4.13. The van der Waals surface area contributed by atoms with E-state index >= 15 is 0 Å². The first-order valence-corrected chi connectivity index (χ1v) is 7.34. The van der Waals surface area contributed by atoms with Crippen molar-refractivity contribution in [2.75, 3.05) is 31.8 Å². The average molecular weight is 266 g/mol. The van der Waals surface area contributed by atoms with Gasteiger partial charge in [0.25, 0.3) is 0 Å². The van der Waals surface area contributed by atoms with E-state index in [0.29, 0.717) is 9.52 Å². The van der Waals surface area contributed by atoms with E-state index in [1.54, 1.807) is 14.2 Å². The van der Waals surface area contributed by atoms with Gasteiger partial charge in [-0.25, -0.2) is 0 Å². The standard InChI is InChI=1S/C13H22N2O2Si/c1-10-5-6-11(14)12(9-10)15-7-4-8-18-13(16-2)17-3/h5-6,9,13,15H,4,7-8,14H2,1-3H3. The van der Waals surface area contributed by atoms with Crippen LogP contribution in [0.2, 0.25) is 6.04 Å². The molecule has 0 spiro atoms. The number of nitrogens with one attached hydrogen (secondary N) is 1. The minimum atomic E-state index is -0.0611. The fraction of sp³-hybridized carbons (Fsp3) is 0.538. The van der Waals surface area contributed by atoms with Gasteiger partial charge in [0.15, 0.2) is 0 Å². The third-order valence-electron chi connectivity index (χ3n) is 2.62. The largest absolute Gasteiger partial charge is 0.397 e. The summed E-state index contributed by atoms with van der Waals surface area (Å²) in [6.45, 7) is 2.98. The molecular weight excluding hydrogens is 244 g/mol. The molecule has 18 heavy (non-hydrogen) atoms. The Morgan fingerprint density at radius 3 is 2.72 bits per heavy atom. The lowest BCUT2D eigenvalue weighted by Crippen LogP contribution is -2.21. The van der Waals surface area contributed by atoms with Crippen molar-refractivity contribution >= 4 is 20.9 Å². The molecule has 0 aliphatic carbocycles. The maximum Gasteiger partial charge on any atom is 0.136 e. The van der Waals surface area contributed by atoms with Gasteiger partial charge in [0, 0.05) is 20.8 Å². The molecule has 0 aliphatic rings. The minimum absolute atomic E-state index is 0.0611. The van der Waals surface area contributed by atoms with Gasteiger partial charge >= 0.3 is 0 Å². The van der Waals surface area contributed by atoms with Crippen molar-refractivity contribution in [3.05, 3.63) is 23.8 Å². The van der Waals surface area contributed by atoms with E-state index in [1.165, 1.54) is 5.56 Å². The van der Waals surface area contributed by atoms with Crippen LogP contribution in [-0.2, 0) is 9.47 Å². The summed E-state index contributed by atoms with van der Waals surface area (Å²) in [5, 5.41) is 3.36. The Kier molecular flexibility index (Phi) is 6.78. The van der Waals surface area contributed by atoms with Gasteiger partial charge in [-0.3, -0.25) is 0 Å².